The van der Waals surface area contributed by atoms with E-state index in [0.717, 1.165) is 0 Å². The van der Waals surface area contributed by atoms with Crippen LogP contribution in [0.5, 0.6) is 0 Å². The zero-order valence-corrected chi connectivity index (χ0v) is 14.9. The third-order valence-electron chi connectivity index (χ3n) is 3.49. The normalized spacial score (nSPS) is 11.2. The maximum Gasteiger partial charge on any atom is 0.260 e. The molecule has 1 N–H and O–H groups in total. The number of rotatable bonds is 3. The molecule has 7 nitrogen and oxygen atoms in total. The fraction of sp³-hybridized carbons (Fsp3) is 0.412. The van der Waals surface area contributed by atoms with Crippen LogP contribution in [-0.2, 0) is 5.54 Å². The number of carbonyl (C=O) groups excluding carboxylic acids is 2. The first-order valence-corrected chi connectivity index (χ1v) is 7.65. The van der Waals surface area contributed by atoms with E-state index in [9.17, 15) is 9.59 Å². The molecule has 2 aromatic heterocycles. The zero-order chi connectivity index (χ0) is 18.1. The van der Waals surface area contributed by atoms with Gasteiger partial charge in [0.1, 0.15) is 5.82 Å². The SMILES string of the molecule is Cc1nn(C(C)(C)C)cc1C(=O)Nc1cc(C(=O)N(C)C)ccn1. The molecule has 0 aliphatic rings. The maximum atomic E-state index is 12.5. The first-order valence-electron chi connectivity index (χ1n) is 7.65. The van der Waals surface area contributed by atoms with E-state index >= 15 is 0 Å². The second-order valence-corrected chi connectivity index (χ2v) is 6.83. The Hall–Kier alpha value is -2.70. The minimum atomic E-state index is -0.301. The minimum absolute atomic E-state index is 0.148. The highest BCUT2D eigenvalue weighted by molar-refractivity contribution is 6.05. The maximum absolute atomic E-state index is 12.5. The van der Waals surface area contributed by atoms with Crippen LogP contribution < -0.4 is 5.32 Å². The molecule has 0 bridgehead atoms. The van der Waals surface area contributed by atoms with Crippen LogP contribution in [0, 0.1) is 6.92 Å². The minimum Gasteiger partial charge on any atom is -0.345 e. The third-order valence-corrected chi connectivity index (χ3v) is 3.49. The predicted octanol–water partition coefficient (Wildman–Crippen LogP) is 2.30. The molecule has 0 saturated heterocycles. The monoisotopic (exact) mass is 329 g/mol. The van der Waals surface area contributed by atoms with Crippen molar-refractivity contribution in [1.29, 1.82) is 0 Å². The number of pyridine rings is 1. The van der Waals surface area contributed by atoms with E-state index in [1.807, 2.05) is 20.8 Å². The lowest BCUT2D eigenvalue weighted by Crippen LogP contribution is -2.22. The summed E-state index contributed by atoms with van der Waals surface area (Å²) in [7, 11) is 3.34. The number of aryl methyl sites for hydroxylation is 1. The van der Waals surface area contributed by atoms with Crippen LogP contribution in [0.2, 0.25) is 0 Å². The van der Waals surface area contributed by atoms with Gasteiger partial charge >= 0.3 is 0 Å². The number of carbonyl (C=O) groups is 2. The van der Waals surface area contributed by atoms with Crippen LogP contribution in [0.25, 0.3) is 0 Å². The van der Waals surface area contributed by atoms with Crippen molar-refractivity contribution in [3.05, 3.63) is 41.3 Å². The summed E-state index contributed by atoms with van der Waals surface area (Å²) < 4.78 is 1.76. The Morgan fingerprint density at radius 3 is 2.46 bits per heavy atom. The highest BCUT2D eigenvalue weighted by Crippen LogP contribution is 2.17. The Labute approximate surface area is 141 Å². The molecule has 0 atom stereocenters. The topological polar surface area (TPSA) is 80.1 Å². The van der Waals surface area contributed by atoms with E-state index in [1.165, 1.54) is 11.1 Å². The highest BCUT2D eigenvalue weighted by Gasteiger charge is 2.20. The fourth-order valence-corrected chi connectivity index (χ4v) is 2.10. The van der Waals surface area contributed by atoms with E-state index in [2.05, 4.69) is 15.4 Å². The van der Waals surface area contributed by atoms with E-state index in [4.69, 9.17) is 0 Å². The van der Waals surface area contributed by atoms with Crippen LogP contribution in [0.1, 0.15) is 47.2 Å². The van der Waals surface area contributed by atoms with Gasteiger partial charge in [-0.05, 0) is 39.8 Å². The molecule has 0 spiro atoms. The summed E-state index contributed by atoms with van der Waals surface area (Å²) >= 11 is 0. The van der Waals surface area contributed by atoms with Crippen molar-refractivity contribution < 1.29 is 9.59 Å². The molecule has 0 saturated carbocycles. The van der Waals surface area contributed by atoms with E-state index in [-0.39, 0.29) is 17.4 Å². The zero-order valence-electron chi connectivity index (χ0n) is 14.9. The summed E-state index contributed by atoms with van der Waals surface area (Å²) in [6, 6.07) is 3.17. The van der Waals surface area contributed by atoms with Gasteiger partial charge in [0.15, 0.2) is 0 Å². The van der Waals surface area contributed by atoms with Gasteiger partial charge in [0, 0.05) is 32.1 Å². The number of nitrogens with one attached hydrogen (secondary N) is 1. The molecule has 0 aromatic carbocycles. The molecule has 24 heavy (non-hydrogen) atoms. The molecule has 0 aliphatic carbocycles. The molecule has 0 unspecified atom stereocenters. The Morgan fingerprint density at radius 1 is 1.25 bits per heavy atom. The van der Waals surface area contributed by atoms with Crippen LogP contribution in [-0.4, -0.2) is 45.6 Å². The standard InChI is InChI=1S/C17H23N5O2/c1-11-13(10-22(20-11)17(2,3)4)15(23)19-14-9-12(7-8-18-14)16(24)21(5)6/h7-10H,1-6H3,(H,18,19,23). The van der Waals surface area contributed by atoms with Crippen molar-refractivity contribution >= 4 is 17.6 Å². The molecule has 7 heteroatoms. The van der Waals surface area contributed by atoms with Crippen LogP contribution in [0.4, 0.5) is 5.82 Å². The number of aromatic nitrogens is 3. The van der Waals surface area contributed by atoms with Crippen molar-refractivity contribution in [2.45, 2.75) is 33.2 Å². The van der Waals surface area contributed by atoms with Gasteiger partial charge in [-0.1, -0.05) is 0 Å². The van der Waals surface area contributed by atoms with Crippen molar-refractivity contribution in [3.63, 3.8) is 0 Å². The highest BCUT2D eigenvalue weighted by atomic mass is 16.2. The molecule has 128 valence electrons. The van der Waals surface area contributed by atoms with Gasteiger partial charge < -0.3 is 10.2 Å². The summed E-state index contributed by atoms with van der Waals surface area (Å²) in [5, 5.41) is 7.11. The average molecular weight is 329 g/mol. The molecular weight excluding hydrogens is 306 g/mol. The third kappa shape index (κ3) is 3.79. The van der Waals surface area contributed by atoms with Crippen molar-refractivity contribution in [1.82, 2.24) is 19.7 Å². The number of anilines is 1. The van der Waals surface area contributed by atoms with E-state index in [0.29, 0.717) is 22.6 Å². The molecule has 0 aliphatic heterocycles. The first-order chi connectivity index (χ1) is 11.1. The largest absolute Gasteiger partial charge is 0.345 e. The lowest BCUT2D eigenvalue weighted by molar-refractivity contribution is 0.0827. The number of hydrogen-bond acceptors (Lipinski definition) is 4. The molecule has 2 amide bonds. The molecular formula is C17H23N5O2. The van der Waals surface area contributed by atoms with Gasteiger partial charge in [-0.15, -0.1) is 0 Å². The smallest absolute Gasteiger partial charge is 0.260 e. The molecule has 0 radical (unpaired) electrons. The fourth-order valence-electron chi connectivity index (χ4n) is 2.10. The van der Waals surface area contributed by atoms with Crippen molar-refractivity contribution in [3.8, 4) is 0 Å². The summed E-state index contributed by atoms with van der Waals surface area (Å²) in [6.07, 6.45) is 3.22. The van der Waals surface area contributed by atoms with Gasteiger partial charge in [0.25, 0.3) is 11.8 Å². The lowest BCUT2D eigenvalue weighted by Gasteiger charge is -2.18. The Kier molecular flexibility index (Phi) is 4.73. The van der Waals surface area contributed by atoms with Crippen LogP contribution in [0.3, 0.4) is 0 Å². The summed E-state index contributed by atoms with van der Waals surface area (Å²) in [4.78, 5) is 30.1. The van der Waals surface area contributed by atoms with E-state index in [1.54, 1.807) is 44.0 Å². The summed E-state index contributed by atoms with van der Waals surface area (Å²) in [5.74, 6) is -0.120. The van der Waals surface area contributed by atoms with Gasteiger partial charge in [0.2, 0.25) is 0 Å². The van der Waals surface area contributed by atoms with E-state index < -0.39 is 0 Å². The second kappa shape index (κ2) is 6.43. The summed E-state index contributed by atoms with van der Waals surface area (Å²) in [5.41, 5.74) is 1.38. The van der Waals surface area contributed by atoms with Gasteiger partial charge in [0.05, 0.1) is 16.8 Å². The Balaban J connectivity index is 2.23. The number of amides is 2. The molecule has 2 heterocycles. The number of hydrogen-bond donors (Lipinski definition) is 1. The van der Waals surface area contributed by atoms with Crippen molar-refractivity contribution in [2.24, 2.45) is 0 Å². The summed E-state index contributed by atoms with van der Waals surface area (Å²) in [6.45, 7) is 7.83. The first kappa shape index (κ1) is 17.7. The molecule has 0 fully saturated rings. The Morgan fingerprint density at radius 2 is 1.92 bits per heavy atom. The second-order valence-electron chi connectivity index (χ2n) is 6.83. The van der Waals surface area contributed by atoms with Gasteiger partial charge in [-0.2, -0.15) is 5.10 Å². The number of nitrogens with zero attached hydrogens (tertiary/aromatic N) is 4. The quantitative estimate of drug-likeness (QED) is 0.937. The van der Waals surface area contributed by atoms with Gasteiger partial charge in [-0.3, -0.25) is 14.3 Å². The van der Waals surface area contributed by atoms with Gasteiger partial charge in [-0.25, -0.2) is 4.98 Å². The Bertz CT molecular complexity index is 772. The lowest BCUT2D eigenvalue weighted by atomic mass is 10.1. The van der Waals surface area contributed by atoms with Crippen LogP contribution >= 0.6 is 0 Å². The predicted molar refractivity (Wildman–Crippen MR) is 92.2 cm³/mol. The molecule has 2 rings (SSSR count). The molecule has 2 aromatic rings. The van der Waals surface area contributed by atoms with Crippen LogP contribution in [0.15, 0.2) is 24.5 Å². The van der Waals surface area contributed by atoms with Crippen molar-refractivity contribution in [2.75, 3.05) is 19.4 Å². The average Bonchev–Trinajstić information content (AvgIpc) is 2.89.